The minimum absolute atomic E-state index is 0.0672. The Balaban J connectivity index is 1.88. The van der Waals surface area contributed by atoms with Crippen molar-refractivity contribution in [3.8, 4) is 11.4 Å². The number of rotatable bonds is 3. The van der Waals surface area contributed by atoms with Crippen LogP contribution in [-0.4, -0.2) is 14.7 Å². The third kappa shape index (κ3) is 2.76. The molecule has 0 spiro atoms. The van der Waals surface area contributed by atoms with Crippen molar-refractivity contribution in [2.75, 3.05) is 0 Å². The summed E-state index contributed by atoms with van der Waals surface area (Å²) in [6.07, 6.45) is 2.30. The zero-order valence-corrected chi connectivity index (χ0v) is 11.9. The lowest BCUT2D eigenvalue weighted by Gasteiger charge is -2.00. The van der Waals surface area contributed by atoms with Gasteiger partial charge in [0, 0.05) is 24.9 Å². The standard InChI is InChI=1S/C16H15N3O2/c1-11-5-3-4-6-12(11)9-14-17-16(18-21-14)13-7-8-15(20)19(2)10-13/h3-8,10H,9H2,1-2H3. The van der Waals surface area contributed by atoms with Gasteiger partial charge in [0.25, 0.3) is 0 Å². The highest BCUT2D eigenvalue weighted by Crippen LogP contribution is 2.17. The van der Waals surface area contributed by atoms with Crippen LogP contribution in [0, 0.1) is 6.92 Å². The minimum atomic E-state index is -0.0672. The summed E-state index contributed by atoms with van der Waals surface area (Å²) in [4.78, 5) is 15.8. The molecular weight excluding hydrogens is 266 g/mol. The molecule has 2 heterocycles. The highest BCUT2D eigenvalue weighted by atomic mass is 16.5. The van der Waals surface area contributed by atoms with Gasteiger partial charge in [0.2, 0.25) is 17.3 Å². The second-order valence-electron chi connectivity index (χ2n) is 4.98. The van der Waals surface area contributed by atoms with Crippen molar-refractivity contribution in [3.05, 3.63) is 70.0 Å². The molecule has 0 atom stereocenters. The molecule has 0 saturated carbocycles. The highest BCUT2D eigenvalue weighted by Gasteiger charge is 2.10. The van der Waals surface area contributed by atoms with Gasteiger partial charge in [0.05, 0.1) is 6.42 Å². The van der Waals surface area contributed by atoms with E-state index in [0.717, 1.165) is 11.1 Å². The van der Waals surface area contributed by atoms with Crippen LogP contribution < -0.4 is 5.56 Å². The topological polar surface area (TPSA) is 60.9 Å². The number of aromatic nitrogens is 3. The maximum absolute atomic E-state index is 11.4. The van der Waals surface area contributed by atoms with Crippen LogP contribution in [0.1, 0.15) is 17.0 Å². The first kappa shape index (κ1) is 13.3. The van der Waals surface area contributed by atoms with Crippen molar-refractivity contribution in [1.29, 1.82) is 0 Å². The number of pyridine rings is 1. The average Bonchev–Trinajstić information content (AvgIpc) is 2.93. The van der Waals surface area contributed by atoms with Crippen LogP contribution in [0.15, 0.2) is 51.9 Å². The van der Waals surface area contributed by atoms with Crippen LogP contribution in [0.2, 0.25) is 0 Å². The van der Waals surface area contributed by atoms with Gasteiger partial charge in [-0.2, -0.15) is 4.98 Å². The molecule has 106 valence electrons. The largest absolute Gasteiger partial charge is 0.339 e. The minimum Gasteiger partial charge on any atom is -0.339 e. The summed E-state index contributed by atoms with van der Waals surface area (Å²) in [5.41, 5.74) is 3.05. The predicted molar refractivity (Wildman–Crippen MR) is 79.0 cm³/mol. The Labute approximate surface area is 121 Å². The molecule has 0 radical (unpaired) electrons. The van der Waals surface area contributed by atoms with Crippen LogP contribution in [0.4, 0.5) is 0 Å². The summed E-state index contributed by atoms with van der Waals surface area (Å²) < 4.78 is 6.79. The van der Waals surface area contributed by atoms with Crippen LogP contribution in [0.5, 0.6) is 0 Å². The molecule has 5 heteroatoms. The maximum atomic E-state index is 11.4. The van der Waals surface area contributed by atoms with Gasteiger partial charge < -0.3 is 9.09 Å². The molecule has 0 saturated heterocycles. The first-order chi connectivity index (χ1) is 10.1. The van der Waals surface area contributed by atoms with Gasteiger partial charge in [-0.25, -0.2) is 0 Å². The first-order valence-electron chi connectivity index (χ1n) is 6.67. The van der Waals surface area contributed by atoms with Crippen LogP contribution in [0.3, 0.4) is 0 Å². The van der Waals surface area contributed by atoms with E-state index in [2.05, 4.69) is 23.1 Å². The second-order valence-corrected chi connectivity index (χ2v) is 4.98. The maximum Gasteiger partial charge on any atom is 0.250 e. The zero-order chi connectivity index (χ0) is 14.8. The van der Waals surface area contributed by atoms with Crippen molar-refractivity contribution in [2.45, 2.75) is 13.3 Å². The van der Waals surface area contributed by atoms with E-state index in [1.165, 1.54) is 16.2 Å². The van der Waals surface area contributed by atoms with Gasteiger partial charge in [0.15, 0.2) is 0 Å². The fraction of sp³-hybridized carbons (Fsp3) is 0.188. The van der Waals surface area contributed by atoms with Crippen molar-refractivity contribution < 1.29 is 4.52 Å². The molecule has 3 aromatic rings. The van der Waals surface area contributed by atoms with E-state index >= 15 is 0 Å². The van der Waals surface area contributed by atoms with E-state index < -0.39 is 0 Å². The van der Waals surface area contributed by atoms with Crippen molar-refractivity contribution in [2.24, 2.45) is 7.05 Å². The summed E-state index contributed by atoms with van der Waals surface area (Å²) in [6, 6.07) is 11.3. The Morgan fingerprint density at radius 2 is 2.00 bits per heavy atom. The van der Waals surface area contributed by atoms with E-state index in [4.69, 9.17) is 4.52 Å². The van der Waals surface area contributed by atoms with Crippen molar-refractivity contribution in [1.82, 2.24) is 14.7 Å². The number of benzene rings is 1. The summed E-state index contributed by atoms with van der Waals surface area (Å²) >= 11 is 0. The third-order valence-corrected chi connectivity index (χ3v) is 3.42. The summed E-state index contributed by atoms with van der Waals surface area (Å²) in [7, 11) is 1.69. The van der Waals surface area contributed by atoms with Crippen LogP contribution in [-0.2, 0) is 13.5 Å². The van der Waals surface area contributed by atoms with Crippen molar-refractivity contribution >= 4 is 0 Å². The summed E-state index contributed by atoms with van der Waals surface area (Å²) in [5, 5.41) is 3.98. The van der Waals surface area contributed by atoms with Gasteiger partial charge >= 0.3 is 0 Å². The quantitative estimate of drug-likeness (QED) is 0.739. The lowest BCUT2D eigenvalue weighted by molar-refractivity contribution is 0.385. The Kier molecular flexibility index (Phi) is 3.39. The molecule has 21 heavy (non-hydrogen) atoms. The number of nitrogens with zero attached hydrogens (tertiary/aromatic N) is 3. The zero-order valence-electron chi connectivity index (χ0n) is 11.9. The molecule has 0 unspecified atom stereocenters. The lowest BCUT2D eigenvalue weighted by Crippen LogP contribution is -2.14. The van der Waals surface area contributed by atoms with Gasteiger partial charge in [-0.05, 0) is 24.1 Å². The first-order valence-corrected chi connectivity index (χ1v) is 6.67. The Morgan fingerprint density at radius 1 is 1.19 bits per heavy atom. The third-order valence-electron chi connectivity index (χ3n) is 3.42. The Morgan fingerprint density at radius 3 is 2.76 bits per heavy atom. The lowest BCUT2D eigenvalue weighted by atomic mass is 10.1. The molecule has 0 bridgehead atoms. The highest BCUT2D eigenvalue weighted by molar-refractivity contribution is 5.52. The van der Waals surface area contributed by atoms with E-state index in [9.17, 15) is 4.79 Å². The van der Waals surface area contributed by atoms with Gasteiger partial charge in [-0.3, -0.25) is 4.79 Å². The normalized spacial score (nSPS) is 10.8. The van der Waals surface area contributed by atoms with E-state index in [0.29, 0.717) is 18.1 Å². The molecule has 0 aliphatic carbocycles. The van der Waals surface area contributed by atoms with E-state index in [-0.39, 0.29) is 5.56 Å². The van der Waals surface area contributed by atoms with Gasteiger partial charge in [0.1, 0.15) is 0 Å². The molecule has 5 nitrogen and oxygen atoms in total. The monoisotopic (exact) mass is 281 g/mol. The second kappa shape index (κ2) is 5.36. The van der Waals surface area contributed by atoms with Gasteiger partial charge in [-0.1, -0.05) is 29.4 Å². The number of hydrogen-bond donors (Lipinski definition) is 0. The van der Waals surface area contributed by atoms with Crippen molar-refractivity contribution in [3.63, 3.8) is 0 Å². The van der Waals surface area contributed by atoms with E-state index in [1.807, 2.05) is 18.2 Å². The van der Waals surface area contributed by atoms with Crippen LogP contribution in [0.25, 0.3) is 11.4 Å². The molecule has 0 fully saturated rings. The fourth-order valence-electron chi connectivity index (χ4n) is 2.14. The summed E-state index contributed by atoms with van der Waals surface area (Å²) in [6.45, 7) is 2.06. The van der Waals surface area contributed by atoms with Gasteiger partial charge in [-0.15, -0.1) is 0 Å². The molecule has 0 amide bonds. The van der Waals surface area contributed by atoms with Crippen LogP contribution >= 0.6 is 0 Å². The molecule has 0 aliphatic heterocycles. The average molecular weight is 281 g/mol. The molecule has 2 aromatic heterocycles. The molecule has 0 N–H and O–H groups in total. The Hall–Kier alpha value is -2.69. The molecule has 3 rings (SSSR count). The number of aryl methyl sites for hydroxylation is 2. The molecule has 1 aromatic carbocycles. The smallest absolute Gasteiger partial charge is 0.250 e. The SMILES string of the molecule is Cc1ccccc1Cc1nc(-c2ccc(=O)n(C)c2)no1. The summed E-state index contributed by atoms with van der Waals surface area (Å²) in [5.74, 6) is 1.06. The Bertz CT molecular complexity index is 833. The number of hydrogen-bond acceptors (Lipinski definition) is 4. The molecular formula is C16H15N3O2. The predicted octanol–water partition coefficient (Wildman–Crippen LogP) is 2.33. The molecule has 0 aliphatic rings. The van der Waals surface area contributed by atoms with E-state index in [1.54, 1.807) is 19.3 Å². The fourth-order valence-corrected chi connectivity index (χ4v) is 2.14.